The Labute approximate surface area is 157 Å². The number of fused-ring (bicyclic) bond motifs is 1. The summed E-state index contributed by atoms with van der Waals surface area (Å²) in [4.78, 5) is 15.4. The van der Waals surface area contributed by atoms with Crippen LogP contribution in [0.15, 0.2) is 6.07 Å². The van der Waals surface area contributed by atoms with Crippen LogP contribution in [0.2, 0.25) is 0 Å². The van der Waals surface area contributed by atoms with Crippen LogP contribution in [0.25, 0.3) is 0 Å². The molecule has 3 N–H and O–H groups in total. The van der Waals surface area contributed by atoms with E-state index in [0.29, 0.717) is 31.6 Å². The van der Waals surface area contributed by atoms with E-state index >= 15 is 0 Å². The van der Waals surface area contributed by atoms with E-state index in [9.17, 15) is 0 Å². The molecule has 7 nitrogen and oxygen atoms in total. The van der Waals surface area contributed by atoms with Crippen LogP contribution >= 0.6 is 11.3 Å². The Bertz CT molecular complexity index is 722. The second-order valence-corrected chi connectivity index (χ2v) is 7.92. The van der Waals surface area contributed by atoms with Crippen LogP contribution in [0.3, 0.4) is 0 Å². The summed E-state index contributed by atoms with van der Waals surface area (Å²) in [5, 5.41) is 16.6. The zero-order valence-corrected chi connectivity index (χ0v) is 15.6. The molecule has 3 heterocycles. The molecule has 0 spiro atoms. The number of aryl methyl sites for hydroxylation is 2. The van der Waals surface area contributed by atoms with Crippen molar-refractivity contribution in [1.82, 2.24) is 15.0 Å². The van der Waals surface area contributed by atoms with Crippen LogP contribution in [-0.4, -0.2) is 46.4 Å². The molecule has 4 rings (SSSR count). The lowest BCUT2D eigenvalue weighted by Gasteiger charge is -2.13. The standard InChI is InChI=1S/C18H25N5O2S/c24-7-6-19-18-22-14(12-5-8-25-11-12)9-16(23-18)20-10-17-21-13-3-1-2-4-15(13)26-17/h9,12,24H,1-8,10-11H2,(H2,19,20,22,23). The van der Waals surface area contributed by atoms with E-state index in [1.165, 1.54) is 29.8 Å². The molecule has 1 aliphatic carbocycles. The van der Waals surface area contributed by atoms with Gasteiger partial charge in [-0.2, -0.15) is 4.98 Å². The van der Waals surface area contributed by atoms with Crippen molar-refractivity contribution in [2.24, 2.45) is 0 Å². The molecule has 8 heteroatoms. The van der Waals surface area contributed by atoms with Crippen molar-refractivity contribution < 1.29 is 9.84 Å². The van der Waals surface area contributed by atoms with Gasteiger partial charge in [-0.3, -0.25) is 0 Å². The van der Waals surface area contributed by atoms with Gasteiger partial charge in [0.1, 0.15) is 10.8 Å². The monoisotopic (exact) mass is 375 g/mol. The summed E-state index contributed by atoms with van der Waals surface area (Å²) in [6.07, 6.45) is 5.79. The number of rotatable bonds is 7. The lowest BCUT2D eigenvalue weighted by molar-refractivity contribution is 0.193. The summed E-state index contributed by atoms with van der Waals surface area (Å²) < 4.78 is 5.50. The number of hydrogen-bond acceptors (Lipinski definition) is 8. The van der Waals surface area contributed by atoms with Gasteiger partial charge in [-0.25, -0.2) is 9.97 Å². The van der Waals surface area contributed by atoms with Crippen LogP contribution in [0.4, 0.5) is 11.8 Å². The van der Waals surface area contributed by atoms with E-state index in [4.69, 9.17) is 14.8 Å². The minimum absolute atomic E-state index is 0.0492. The quantitative estimate of drug-likeness (QED) is 0.684. The molecular weight excluding hydrogens is 350 g/mol. The highest BCUT2D eigenvalue weighted by Crippen LogP contribution is 2.28. The molecule has 1 saturated heterocycles. The fraction of sp³-hybridized carbons (Fsp3) is 0.611. The molecule has 1 unspecified atom stereocenters. The van der Waals surface area contributed by atoms with Gasteiger partial charge < -0.3 is 20.5 Å². The van der Waals surface area contributed by atoms with Gasteiger partial charge in [0.05, 0.1) is 31.1 Å². The molecule has 0 amide bonds. The number of aliphatic hydroxyl groups is 1. The van der Waals surface area contributed by atoms with E-state index in [1.807, 2.05) is 17.4 Å². The molecule has 0 aromatic carbocycles. The number of aliphatic hydroxyl groups excluding tert-OH is 1. The maximum atomic E-state index is 9.05. The third-order valence-corrected chi connectivity index (χ3v) is 5.96. The summed E-state index contributed by atoms with van der Waals surface area (Å²) in [6, 6.07) is 2.01. The van der Waals surface area contributed by atoms with Gasteiger partial charge in [-0.1, -0.05) is 0 Å². The van der Waals surface area contributed by atoms with Crippen molar-refractivity contribution in [3.8, 4) is 0 Å². The lowest BCUT2D eigenvalue weighted by atomic mass is 10.0. The Balaban J connectivity index is 1.48. The fourth-order valence-electron chi connectivity index (χ4n) is 3.43. The Hall–Kier alpha value is -1.77. The van der Waals surface area contributed by atoms with E-state index in [1.54, 1.807) is 0 Å². The Morgan fingerprint density at radius 2 is 2.12 bits per heavy atom. The van der Waals surface area contributed by atoms with Crippen molar-refractivity contribution in [1.29, 1.82) is 0 Å². The van der Waals surface area contributed by atoms with Crippen molar-refractivity contribution in [3.63, 3.8) is 0 Å². The molecule has 140 valence electrons. The topological polar surface area (TPSA) is 92.2 Å². The van der Waals surface area contributed by atoms with E-state index in [0.717, 1.165) is 36.0 Å². The van der Waals surface area contributed by atoms with Crippen LogP contribution < -0.4 is 10.6 Å². The van der Waals surface area contributed by atoms with Gasteiger partial charge in [0.2, 0.25) is 5.95 Å². The number of nitrogens with one attached hydrogen (secondary N) is 2. The second kappa shape index (κ2) is 8.28. The zero-order valence-electron chi connectivity index (χ0n) is 14.8. The number of hydrogen-bond donors (Lipinski definition) is 3. The van der Waals surface area contributed by atoms with Crippen molar-refractivity contribution >= 4 is 23.1 Å². The molecule has 0 radical (unpaired) electrons. The highest BCUT2D eigenvalue weighted by Gasteiger charge is 2.21. The first-order chi connectivity index (χ1) is 12.8. The average molecular weight is 375 g/mol. The number of nitrogens with zero attached hydrogens (tertiary/aromatic N) is 3. The SMILES string of the molecule is OCCNc1nc(NCc2nc3c(s2)CCCC3)cc(C2CCOC2)n1. The van der Waals surface area contributed by atoms with Gasteiger partial charge in [-0.15, -0.1) is 11.3 Å². The molecular formula is C18H25N5O2S. The van der Waals surface area contributed by atoms with Gasteiger partial charge in [-0.05, 0) is 32.1 Å². The summed E-state index contributed by atoms with van der Waals surface area (Å²) >= 11 is 1.82. The number of thiazole rings is 1. The zero-order chi connectivity index (χ0) is 17.8. The third-order valence-electron chi connectivity index (χ3n) is 4.80. The van der Waals surface area contributed by atoms with E-state index in [2.05, 4.69) is 20.6 Å². The average Bonchev–Trinajstić information content (AvgIpc) is 3.34. The minimum Gasteiger partial charge on any atom is -0.395 e. The van der Waals surface area contributed by atoms with Gasteiger partial charge in [0, 0.05) is 30.0 Å². The van der Waals surface area contributed by atoms with Crippen LogP contribution in [0.1, 0.15) is 46.5 Å². The minimum atomic E-state index is 0.0492. The van der Waals surface area contributed by atoms with Crippen molar-refractivity contribution in [3.05, 3.63) is 27.3 Å². The van der Waals surface area contributed by atoms with Gasteiger partial charge in [0.25, 0.3) is 0 Å². The van der Waals surface area contributed by atoms with E-state index < -0.39 is 0 Å². The van der Waals surface area contributed by atoms with Gasteiger partial charge in [0.15, 0.2) is 0 Å². The maximum Gasteiger partial charge on any atom is 0.224 e. The van der Waals surface area contributed by atoms with Crippen molar-refractivity contribution in [2.45, 2.75) is 44.6 Å². The van der Waals surface area contributed by atoms with Gasteiger partial charge >= 0.3 is 0 Å². The smallest absolute Gasteiger partial charge is 0.224 e. The highest BCUT2D eigenvalue weighted by molar-refractivity contribution is 7.11. The Morgan fingerprint density at radius 1 is 1.19 bits per heavy atom. The first-order valence-corrected chi connectivity index (χ1v) is 10.2. The molecule has 2 aromatic heterocycles. The normalized spacial score (nSPS) is 19.3. The van der Waals surface area contributed by atoms with Crippen LogP contribution in [0.5, 0.6) is 0 Å². The Morgan fingerprint density at radius 3 is 2.92 bits per heavy atom. The first kappa shape index (κ1) is 17.6. The number of anilines is 2. The Kier molecular flexibility index (Phi) is 5.62. The summed E-state index contributed by atoms with van der Waals surface area (Å²) in [6.45, 7) is 2.64. The predicted octanol–water partition coefficient (Wildman–Crippen LogP) is 2.33. The summed E-state index contributed by atoms with van der Waals surface area (Å²) in [5.74, 6) is 1.64. The molecule has 1 fully saturated rings. The highest BCUT2D eigenvalue weighted by atomic mass is 32.1. The molecule has 2 aliphatic rings. The maximum absolute atomic E-state index is 9.05. The van der Waals surface area contributed by atoms with Crippen LogP contribution in [-0.2, 0) is 24.1 Å². The summed E-state index contributed by atoms with van der Waals surface area (Å²) in [7, 11) is 0. The largest absolute Gasteiger partial charge is 0.395 e. The molecule has 26 heavy (non-hydrogen) atoms. The number of ether oxygens (including phenoxy) is 1. The molecule has 0 saturated carbocycles. The molecule has 0 bridgehead atoms. The fourth-order valence-corrected chi connectivity index (χ4v) is 4.52. The second-order valence-electron chi connectivity index (χ2n) is 6.75. The van der Waals surface area contributed by atoms with E-state index in [-0.39, 0.29) is 6.61 Å². The lowest BCUT2D eigenvalue weighted by Crippen LogP contribution is -2.13. The summed E-state index contributed by atoms with van der Waals surface area (Å²) in [5.41, 5.74) is 2.27. The number of aromatic nitrogens is 3. The van der Waals surface area contributed by atoms with Crippen LogP contribution in [0, 0.1) is 0 Å². The third kappa shape index (κ3) is 4.13. The first-order valence-electron chi connectivity index (χ1n) is 9.34. The molecule has 1 atom stereocenters. The molecule has 2 aromatic rings. The van der Waals surface area contributed by atoms with Crippen molar-refractivity contribution in [2.75, 3.05) is 37.0 Å². The predicted molar refractivity (Wildman–Crippen MR) is 102 cm³/mol. The molecule has 1 aliphatic heterocycles.